The topological polar surface area (TPSA) is 84.3 Å². The Hall–Kier alpha value is -2.70. The highest BCUT2D eigenvalue weighted by Gasteiger charge is 2.07. The second-order valence-corrected chi connectivity index (χ2v) is 4.18. The van der Waals surface area contributed by atoms with Gasteiger partial charge < -0.3 is 5.32 Å². The molecule has 0 fully saturated rings. The monoisotopic (exact) mass is 255 g/mol. The number of nitrogens with one attached hydrogen (secondary N) is 2. The van der Waals surface area contributed by atoms with E-state index in [0.717, 1.165) is 17.1 Å². The van der Waals surface area contributed by atoms with Gasteiger partial charge in [-0.1, -0.05) is 6.07 Å². The number of hydrogen-bond donors (Lipinski definition) is 2. The minimum atomic E-state index is 0.145. The lowest BCUT2D eigenvalue weighted by molar-refractivity contribution is 0.787. The Balaban J connectivity index is 1.80. The molecule has 2 heterocycles. The second kappa shape index (κ2) is 4.89. The third-order valence-corrected chi connectivity index (χ3v) is 2.83. The Morgan fingerprint density at radius 1 is 1.32 bits per heavy atom. The number of rotatable bonds is 4. The number of benzene rings is 1. The fourth-order valence-corrected chi connectivity index (χ4v) is 1.85. The molecule has 0 saturated carbocycles. The van der Waals surface area contributed by atoms with Crippen molar-refractivity contribution in [1.29, 1.82) is 0 Å². The normalized spacial score (nSPS) is 12.3. The van der Waals surface area contributed by atoms with Gasteiger partial charge in [-0.05, 0) is 41.6 Å². The van der Waals surface area contributed by atoms with E-state index >= 15 is 0 Å². The molecule has 2 aromatic heterocycles. The summed E-state index contributed by atoms with van der Waals surface area (Å²) in [5.74, 6) is 0. The fourth-order valence-electron chi connectivity index (χ4n) is 1.85. The van der Waals surface area contributed by atoms with E-state index in [0.29, 0.717) is 0 Å². The van der Waals surface area contributed by atoms with Crippen LogP contribution in [0.1, 0.15) is 18.7 Å². The molecule has 19 heavy (non-hydrogen) atoms. The molecule has 0 bridgehead atoms. The summed E-state index contributed by atoms with van der Waals surface area (Å²) in [6, 6.07) is 9.99. The first-order valence-electron chi connectivity index (χ1n) is 5.92. The van der Waals surface area contributed by atoms with Crippen molar-refractivity contribution in [2.75, 3.05) is 5.32 Å². The second-order valence-electron chi connectivity index (χ2n) is 4.18. The number of aromatic nitrogens is 6. The number of aromatic amines is 1. The highest BCUT2D eigenvalue weighted by molar-refractivity contribution is 5.51. The molecule has 0 aliphatic rings. The highest BCUT2D eigenvalue weighted by Crippen LogP contribution is 2.19. The van der Waals surface area contributed by atoms with Gasteiger partial charge in [-0.2, -0.15) is 5.10 Å². The first-order valence-corrected chi connectivity index (χ1v) is 5.92. The maximum atomic E-state index is 3.95. The standard InChI is InChI=1S/C12H13N7/c1-9(12-5-6-13-16-12)15-10-3-2-4-11(7-10)19-8-14-17-18-19/h2-9,15H,1H3,(H,13,16). The van der Waals surface area contributed by atoms with Gasteiger partial charge >= 0.3 is 0 Å². The number of nitrogens with zero attached hydrogens (tertiary/aromatic N) is 5. The average molecular weight is 255 g/mol. The van der Waals surface area contributed by atoms with Crippen molar-refractivity contribution in [3.8, 4) is 5.69 Å². The van der Waals surface area contributed by atoms with E-state index in [-0.39, 0.29) is 6.04 Å². The number of tetrazole rings is 1. The van der Waals surface area contributed by atoms with Crippen LogP contribution in [0.3, 0.4) is 0 Å². The maximum Gasteiger partial charge on any atom is 0.143 e. The average Bonchev–Trinajstić information content (AvgIpc) is 3.13. The van der Waals surface area contributed by atoms with Gasteiger partial charge in [0, 0.05) is 11.9 Å². The van der Waals surface area contributed by atoms with Crippen LogP contribution in [0.25, 0.3) is 5.69 Å². The third kappa shape index (κ3) is 2.44. The Labute approximate surface area is 109 Å². The smallest absolute Gasteiger partial charge is 0.143 e. The minimum Gasteiger partial charge on any atom is -0.377 e. The Morgan fingerprint density at radius 3 is 3.00 bits per heavy atom. The quantitative estimate of drug-likeness (QED) is 0.739. The lowest BCUT2D eigenvalue weighted by atomic mass is 10.2. The van der Waals surface area contributed by atoms with Gasteiger partial charge in [0.05, 0.1) is 17.4 Å². The zero-order chi connectivity index (χ0) is 13.1. The van der Waals surface area contributed by atoms with Gasteiger partial charge in [-0.15, -0.1) is 5.10 Å². The van der Waals surface area contributed by atoms with Gasteiger partial charge in [0.1, 0.15) is 6.33 Å². The summed E-state index contributed by atoms with van der Waals surface area (Å²) in [5.41, 5.74) is 2.94. The lowest BCUT2D eigenvalue weighted by Gasteiger charge is -2.14. The van der Waals surface area contributed by atoms with Crippen LogP contribution < -0.4 is 5.32 Å². The molecule has 96 valence electrons. The van der Waals surface area contributed by atoms with E-state index in [1.54, 1.807) is 17.2 Å². The summed E-state index contributed by atoms with van der Waals surface area (Å²) in [5, 5.41) is 21.4. The Kier molecular flexibility index (Phi) is 2.93. The van der Waals surface area contributed by atoms with Crippen LogP contribution in [0.2, 0.25) is 0 Å². The molecule has 0 saturated heterocycles. The predicted molar refractivity (Wildman–Crippen MR) is 69.8 cm³/mol. The summed E-state index contributed by atoms with van der Waals surface area (Å²) in [6.45, 7) is 2.07. The summed E-state index contributed by atoms with van der Waals surface area (Å²) < 4.78 is 1.62. The SMILES string of the molecule is CC(Nc1cccc(-n2cnnn2)c1)c1ccn[nH]1. The molecule has 0 aliphatic carbocycles. The lowest BCUT2D eigenvalue weighted by Crippen LogP contribution is -2.07. The van der Waals surface area contributed by atoms with E-state index in [1.807, 2.05) is 30.3 Å². The molecule has 3 aromatic rings. The summed E-state index contributed by atoms with van der Waals surface area (Å²) in [7, 11) is 0. The highest BCUT2D eigenvalue weighted by atomic mass is 15.5. The summed E-state index contributed by atoms with van der Waals surface area (Å²) in [6.07, 6.45) is 3.31. The first kappa shape index (κ1) is 11.4. The van der Waals surface area contributed by atoms with E-state index in [1.165, 1.54) is 0 Å². The molecule has 0 aliphatic heterocycles. The van der Waals surface area contributed by atoms with Crippen LogP contribution >= 0.6 is 0 Å². The van der Waals surface area contributed by atoms with E-state index in [2.05, 4.69) is 38.0 Å². The van der Waals surface area contributed by atoms with Gasteiger partial charge in [0.15, 0.2) is 0 Å². The number of H-pyrrole nitrogens is 1. The van der Waals surface area contributed by atoms with Crippen LogP contribution in [0.15, 0.2) is 42.9 Å². The van der Waals surface area contributed by atoms with Crippen molar-refractivity contribution in [1.82, 2.24) is 30.4 Å². The van der Waals surface area contributed by atoms with Crippen molar-refractivity contribution in [3.05, 3.63) is 48.5 Å². The van der Waals surface area contributed by atoms with Crippen LogP contribution in [-0.2, 0) is 0 Å². The van der Waals surface area contributed by atoms with E-state index < -0.39 is 0 Å². The van der Waals surface area contributed by atoms with Gasteiger partial charge in [0.25, 0.3) is 0 Å². The Bertz CT molecular complexity index is 630. The minimum absolute atomic E-state index is 0.145. The van der Waals surface area contributed by atoms with Crippen molar-refractivity contribution < 1.29 is 0 Å². The first-order chi connectivity index (χ1) is 9.33. The molecule has 0 radical (unpaired) electrons. The van der Waals surface area contributed by atoms with Crippen molar-refractivity contribution >= 4 is 5.69 Å². The van der Waals surface area contributed by atoms with Crippen LogP contribution in [0.5, 0.6) is 0 Å². The molecule has 0 spiro atoms. The number of hydrogen-bond acceptors (Lipinski definition) is 5. The molecule has 1 unspecified atom stereocenters. The van der Waals surface area contributed by atoms with E-state index in [9.17, 15) is 0 Å². The van der Waals surface area contributed by atoms with Crippen LogP contribution in [0.4, 0.5) is 5.69 Å². The molecule has 1 atom stereocenters. The predicted octanol–water partition coefficient (Wildman–Crippen LogP) is 1.56. The zero-order valence-electron chi connectivity index (χ0n) is 10.4. The van der Waals surface area contributed by atoms with Crippen molar-refractivity contribution in [2.45, 2.75) is 13.0 Å². The molecule has 7 nitrogen and oxygen atoms in total. The van der Waals surface area contributed by atoms with Gasteiger partial charge in [0.2, 0.25) is 0 Å². The molecule has 2 N–H and O–H groups in total. The molecule has 3 rings (SSSR count). The molecular formula is C12H13N7. The molecular weight excluding hydrogens is 242 g/mol. The molecule has 1 aromatic carbocycles. The zero-order valence-corrected chi connectivity index (χ0v) is 10.4. The van der Waals surface area contributed by atoms with Gasteiger partial charge in [-0.3, -0.25) is 5.10 Å². The van der Waals surface area contributed by atoms with Crippen LogP contribution in [0, 0.1) is 0 Å². The van der Waals surface area contributed by atoms with E-state index in [4.69, 9.17) is 0 Å². The summed E-state index contributed by atoms with van der Waals surface area (Å²) >= 11 is 0. The summed E-state index contributed by atoms with van der Waals surface area (Å²) in [4.78, 5) is 0. The molecule has 0 amide bonds. The van der Waals surface area contributed by atoms with Gasteiger partial charge in [-0.25, -0.2) is 4.68 Å². The Morgan fingerprint density at radius 2 is 2.26 bits per heavy atom. The third-order valence-electron chi connectivity index (χ3n) is 2.83. The van der Waals surface area contributed by atoms with Crippen molar-refractivity contribution in [2.24, 2.45) is 0 Å². The molecule has 7 heteroatoms. The fraction of sp³-hybridized carbons (Fsp3) is 0.167. The number of anilines is 1. The van der Waals surface area contributed by atoms with Crippen LogP contribution in [-0.4, -0.2) is 30.4 Å². The largest absolute Gasteiger partial charge is 0.377 e. The van der Waals surface area contributed by atoms with Crippen molar-refractivity contribution in [3.63, 3.8) is 0 Å². The maximum absolute atomic E-state index is 3.95.